The van der Waals surface area contributed by atoms with Gasteiger partial charge in [0.25, 0.3) is 0 Å². The van der Waals surface area contributed by atoms with Crippen LogP contribution in [0.5, 0.6) is 11.5 Å². The molecule has 0 aliphatic carbocycles. The molecule has 1 N–H and O–H groups in total. The van der Waals surface area contributed by atoms with Crippen LogP contribution < -0.4 is 10.2 Å². The lowest BCUT2D eigenvalue weighted by atomic mass is 9.95. The van der Waals surface area contributed by atoms with Crippen LogP contribution >= 0.6 is 0 Å². The maximum atomic E-state index is 11.9. The first-order chi connectivity index (χ1) is 12.2. The third-order valence-corrected chi connectivity index (χ3v) is 4.86. The quantitative estimate of drug-likeness (QED) is 0.871. The average molecular weight is 343 g/mol. The Labute approximate surface area is 147 Å². The number of hydrogen-bond acceptors (Lipinski definition) is 5. The standard InChI is InChI=1S/C20H25NO4/c1-24-20-14-25-18(12-19(20)23)13-21-10-3-2-6-16(21)9-8-15-5-4-7-17(22)11-15/h4-5,7,11-12,14,16,22H,2-3,6,8-10,13H2,1H3/t16-/m0/s1. The molecule has 3 rings (SSSR count). The second kappa shape index (κ2) is 8.21. The fourth-order valence-electron chi connectivity index (χ4n) is 3.51. The summed E-state index contributed by atoms with van der Waals surface area (Å²) in [5, 5.41) is 9.60. The number of hydrogen-bond donors (Lipinski definition) is 1. The van der Waals surface area contributed by atoms with E-state index >= 15 is 0 Å². The van der Waals surface area contributed by atoms with E-state index in [0.717, 1.165) is 31.4 Å². The Balaban J connectivity index is 1.64. The van der Waals surface area contributed by atoms with Gasteiger partial charge in [-0.1, -0.05) is 18.6 Å². The van der Waals surface area contributed by atoms with Gasteiger partial charge in [0, 0.05) is 12.1 Å². The van der Waals surface area contributed by atoms with Crippen LogP contribution in [0.15, 0.2) is 45.8 Å². The van der Waals surface area contributed by atoms with Gasteiger partial charge in [0.15, 0.2) is 0 Å². The molecular formula is C20H25NO4. The topological polar surface area (TPSA) is 62.9 Å². The molecule has 25 heavy (non-hydrogen) atoms. The van der Waals surface area contributed by atoms with E-state index in [1.54, 1.807) is 6.07 Å². The second-order valence-corrected chi connectivity index (χ2v) is 6.61. The number of aromatic hydroxyl groups is 1. The molecule has 5 heteroatoms. The molecule has 0 radical (unpaired) electrons. The smallest absolute Gasteiger partial charge is 0.227 e. The van der Waals surface area contributed by atoms with Crippen molar-refractivity contribution in [2.24, 2.45) is 0 Å². The van der Waals surface area contributed by atoms with Crippen molar-refractivity contribution >= 4 is 0 Å². The molecule has 2 heterocycles. The summed E-state index contributed by atoms with van der Waals surface area (Å²) in [4.78, 5) is 14.3. The summed E-state index contributed by atoms with van der Waals surface area (Å²) < 4.78 is 10.5. The van der Waals surface area contributed by atoms with E-state index in [4.69, 9.17) is 9.15 Å². The van der Waals surface area contributed by atoms with E-state index in [9.17, 15) is 9.90 Å². The first-order valence-corrected chi connectivity index (χ1v) is 8.83. The van der Waals surface area contributed by atoms with Gasteiger partial charge in [0.1, 0.15) is 17.8 Å². The number of likely N-dealkylation sites (tertiary alicyclic amines) is 1. The van der Waals surface area contributed by atoms with Gasteiger partial charge < -0.3 is 14.3 Å². The highest BCUT2D eigenvalue weighted by Crippen LogP contribution is 2.24. The Morgan fingerprint density at radius 1 is 1.32 bits per heavy atom. The average Bonchev–Trinajstić information content (AvgIpc) is 2.61. The van der Waals surface area contributed by atoms with Crippen LogP contribution in [-0.2, 0) is 13.0 Å². The number of rotatable bonds is 6. The number of aryl methyl sites for hydroxylation is 1. The third-order valence-electron chi connectivity index (χ3n) is 4.86. The normalized spacial score (nSPS) is 18.2. The van der Waals surface area contributed by atoms with Gasteiger partial charge in [-0.15, -0.1) is 0 Å². The van der Waals surface area contributed by atoms with Crippen molar-refractivity contribution in [2.75, 3.05) is 13.7 Å². The predicted octanol–water partition coefficient (Wildman–Crippen LogP) is 3.34. The minimum absolute atomic E-state index is 0.142. The molecule has 5 nitrogen and oxygen atoms in total. The Hall–Kier alpha value is -2.27. The van der Waals surface area contributed by atoms with Crippen LogP contribution in [0.25, 0.3) is 0 Å². The highest BCUT2D eigenvalue weighted by atomic mass is 16.5. The van der Waals surface area contributed by atoms with Crippen molar-refractivity contribution in [2.45, 2.75) is 44.7 Å². The van der Waals surface area contributed by atoms with Crippen molar-refractivity contribution in [3.8, 4) is 11.5 Å². The molecule has 1 aromatic heterocycles. The zero-order chi connectivity index (χ0) is 17.6. The molecule has 1 atom stereocenters. The summed E-state index contributed by atoms with van der Waals surface area (Å²) in [5.74, 6) is 1.23. The summed E-state index contributed by atoms with van der Waals surface area (Å²) in [6, 6.07) is 9.45. The predicted molar refractivity (Wildman–Crippen MR) is 96.0 cm³/mol. The van der Waals surface area contributed by atoms with Crippen LogP contribution in [0.2, 0.25) is 0 Å². The number of piperidine rings is 1. The summed E-state index contributed by atoms with van der Waals surface area (Å²) in [6.07, 6.45) is 6.91. The van der Waals surface area contributed by atoms with Crippen LogP contribution in [0.3, 0.4) is 0 Å². The molecule has 0 amide bonds. The minimum Gasteiger partial charge on any atom is -0.508 e. The van der Waals surface area contributed by atoms with Crippen molar-refractivity contribution in [1.82, 2.24) is 4.90 Å². The molecule has 0 bridgehead atoms. The third kappa shape index (κ3) is 4.63. The zero-order valence-electron chi connectivity index (χ0n) is 14.6. The van der Waals surface area contributed by atoms with Gasteiger partial charge in [0.2, 0.25) is 11.2 Å². The Kier molecular flexibility index (Phi) is 5.76. The van der Waals surface area contributed by atoms with E-state index in [-0.39, 0.29) is 11.2 Å². The van der Waals surface area contributed by atoms with Crippen molar-refractivity contribution < 1.29 is 14.3 Å². The lowest BCUT2D eigenvalue weighted by Gasteiger charge is -2.35. The van der Waals surface area contributed by atoms with Gasteiger partial charge in [-0.3, -0.25) is 9.69 Å². The summed E-state index contributed by atoms with van der Waals surface area (Å²) in [6.45, 7) is 1.66. The Morgan fingerprint density at radius 2 is 2.20 bits per heavy atom. The lowest BCUT2D eigenvalue weighted by molar-refractivity contribution is 0.122. The molecule has 0 saturated carbocycles. The SMILES string of the molecule is COc1coc(CN2CCCC[C@H]2CCc2cccc(O)c2)cc1=O. The molecule has 134 valence electrons. The fourth-order valence-corrected chi connectivity index (χ4v) is 3.51. The van der Waals surface area contributed by atoms with Gasteiger partial charge in [-0.05, 0) is 49.9 Å². The maximum Gasteiger partial charge on any atom is 0.227 e. The van der Waals surface area contributed by atoms with Crippen molar-refractivity contribution in [3.63, 3.8) is 0 Å². The zero-order valence-corrected chi connectivity index (χ0v) is 14.6. The maximum absolute atomic E-state index is 11.9. The molecule has 1 aromatic carbocycles. The summed E-state index contributed by atoms with van der Waals surface area (Å²) in [5.41, 5.74) is 1.01. The van der Waals surface area contributed by atoms with Gasteiger partial charge in [-0.25, -0.2) is 0 Å². The van der Waals surface area contributed by atoms with Gasteiger partial charge in [-0.2, -0.15) is 0 Å². The second-order valence-electron chi connectivity index (χ2n) is 6.61. The van der Waals surface area contributed by atoms with Crippen molar-refractivity contribution in [3.05, 3.63) is 58.1 Å². The van der Waals surface area contributed by atoms with Crippen LogP contribution in [-0.4, -0.2) is 29.7 Å². The molecule has 1 aliphatic rings. The lowest BCUT2D eigenvalue weighted by Crippen LogP contribution is -2.39. The highest BCUT2D eigenvalue weighted by molar-refractivity contribution is 5.27. The van der Waals surface area contributed by atoms with Gasteiger partial charge in [0.05, 0.1) is 13.7 Å². The molecule has 0 spiro atoms. The largest absolute Gasteiger partial charge is 0.508 e. The molecule has 1 fully saturated rings. The number of phenols is 1. The van der Waals surface area contributed by atoms with Gasteiger partial charge >= 0.3 is 0 Å². The van der Waals surface area contributed by atoms with E-state index in [1.165, 1.54) is 32.3 Å². The first kappa shape index (κ1) is 17.5. The van der Waals surface area contributed by atoms with Crippen LogP contribution in [0.4, 0.5) is 0 Å². The van der Waals surface area contributed by atoms with E-state index < -0.39 is 0 Å². The Bertz CT molecular complexity index is 755. The summed E-state index contributed by atoms with van der Waals surface area (Å²) >= 11 is 0. The fraction of sp³-hybridized carbons (Fsp3) is 0.450. The van der Waals surface area contributed by atoms with E-state index in [2.05, 4.69) is 11.0 Å². The minimum atomic E-state index is -0.142. The summed E-state index contributed by atoms with van der Waals surface area (Å²) in [7, 11) is 1.47. The number of methoxy groups -OCH3 is 1. The molecule has 1 saturated heterocycles. The van der Waals surface area contributed by atoms with E-state index in [1.807, 2.05) is 12.1 Å². The molecular weight excluding hydrogens is 318 g/mol. The Morgan fingerprint density at radius 3 is 2.96 bits per heavy atom. The van der Waals surface area contributed by atoms with Crippen molar-refractivity contribution in [1.29, 1.82) is 0 Å². The van der Waals surface area contributed by atoms with E-state index in [0.29, 0.717) is 24.1 Å². The number of nitrogens with zero attached hydrogens (tertiary/aromatic N) is 1. The monoisotopic (exact) mass is 343 g/mol. The molecule has 0 unspecified atom stereocenters. The van der Waals surface area contributed by atoms with Crippen LogP contribution in [0.1, 0.15) is 37.0 Å². The first-order valence-electron chi connectivity index (χ1n) is 8.83. The number of benzene rings is 1. The number of phenolic OH excluding ortho intramolecular Hbond substituents is 1. The van der Waals surface area contributed by atoms with Crippen LogP contribution in [0, 0.1) is 0 Å². The number of ether oxygens (including phenoxy) is 1. The molecule has 1 aliphatic heterocycles. The molecule has 2 aromatic rings. The highest BCUT2D eigenvalue weighted by Gasteiger charge is 2.23.